The number of hydrogen-bond donors (Lipinski definition) is 3. The number of rotatable bonds is 5. The fourth-order valence-electron chi connectivity index (χ4n) is 1.92. The van der Waals surface area contributed by atoms with E-state index in [1.807, 2.05) is 6.92 Å². The molecule has 108 valence electrons. The first-order valence-corrected chi connectivity index (χ1v) is 6.09. The van der Waals surface area contributed by atoms with Crippen LogP contribution in [0.15, 0.2) is 0 Å². The van der Waals surface area contributed by atoms with Crippen LogP contribution in [0.5, 0.6) is 0 Å². The van der Waals surface area contributed by atoms with Crippen LogP contribution in [0.25, 0.3) is 0 Å². The first kappa shape index (κ1) is 15.2. The van der Waals surface area contributed by atoms with Gasteiger partial charge in [0, 0.05) is 20.2 Å². The van der Waals surface area contributed by atoms with Gasteiger partial charge in [-0.2, -0.15) is 0 Å². The van der Waals surface area contributed by atoms with E-state index in [4.69, 9.17) is 9.84 Å². The van der Waals surface area contributed by atoms with Crippen LogP contribution in [0.1, 0.15) is 13.3 Å². The highest BCUT2D eigenvalue weighted by Gasteiger charge is 2.32. The van der Waals surface area contributed by atoms with Crippen molar-refractivity contribution in [1.82, 2.24) is 15.5 Å². The van der Waals surface area contributed by atoms with Gasteiger partial charge >= 0.3 is 12.0 Å². The summed E-state index contributed by atoms with van der Waals surface area (Å²) in [4.78, 5) is 35.7. The second kappa shape index (κ2) is 6.93. The molecule has 19 heavy (non-hydrogen) atoms. The number of hydrogen-bond acceptors (Lipinski definition) is 4. The van der Waals surface area contributed by atoms with E-state index in [0.717, 1.165) is 0 Å². The standard InChI is InChI=1S/C11H19N3O5/c1-3-7-9(15)12-4-5-14(7)11(18)13-6-8(19-2)10(16)17/h7-8H,3-6H2,1-2H3,(H,12,15)(H,13,18)(H,16,17). The molecule has 1 rings (SSSR count). The third-order valence-electron chi connectivity index (χ3n) is 2.98. The van der Waals surface area contributed by atoms with Crippen LogP contribution in [0.4, 0.5) is 4.79 Å². The molecule has 1 fully saturated rings. The van der Waals surface area contributed by atoms with Crippen LogP contribution in [-0.4, -0.2) is 66.8 Å². The molecular weight excluding hydrogens is 254 g/mol. The van der Waals surface area contributed by atoms with Crippen molar-refractivity contribution in [3.05, 3.63) is 0 Å². The van der Waals surface area contributed by atoms with Crippen molar-refractivity contribution in [1.29, 1.82) is 0 Å². The van der Waals surface area contributed by atoms with Gasteiger partial charge in [0.25, 0.3) is 0 Å². The molecule has 8 heteroatoms. The molecular formula is C11H19N3O5. The Hall–Kier alpha value is -1.83. The highest BCUT2D eigenvalue weighted by atomic mass is 16.5. The maximum absolute atomic E-state index is 11.9. The smallest absolute Gasteiger partial charge is 0.334 e. The van der Waals surface area contributed by atoms with Crippen molar-refractivity contribution in [3.8, 4) is 0 Å². The second-order valence-corrected chi connectivity index (χ2v) is 4.16. The Morgan fingerprint density at radius 3 is 2.84 bits per heavy atom. The lowest BCUT2D eigenvalue weighted by Gasteiger charge is -2.34. The maximum Gasteiger partial charge on any atom is 0.334 e. The fourth-order valence-corrected chi connectivity index (χ4v) is 1.92. The normalized spacial score (nSPS) is 20.6. The van der Waals surface area contributed by atoms with Crippen molar-refractivity contribution >= 4 is 17.9 Å². The average molecular weight is 273 g/mol. The lowest BCUT2D eigenvalue weighted by molar-refractivity contribution is -0.148. The molecule has 0 aromatic heterocycles. The SMILES string of the molecule is CCC1C(=O)NCCN1C(=O)NCC(OC)C(=O)O. The fraction of sp³-hybridized carbons (Fsp3) is 0.727. The number of aliphatic carboxylic acids is 1. The predicted molar refractivity (Wildman–Crippen MR) is 65.6 cm³/mol. The summed E-state index contributed by atoms with van der Waals surface area (Å²) in [5, 5.41) is 13.9. The van der Waals surface area contributed by atoms with E-state index in [-0.39, 0.29) is 12.5 Å². The first-order chi connectivity index (χ1) is 9.01. The summed E-state index contributed by atoms with van der Waals surface area (Å²) in [7, 11) is 1.26. The number of amides is 3. The van der Waals surface area contributed by atoms with Crippen LogP contribution in [0.2, 0.25) is 0 Å². The molecule has 3 N–H and O–H groups in total. The number of nitrogens with one attached hydrogen (secondary N) is 2. The Morgan fingerprint density at radius 2 is 2.32 bits per heavy atom. The van der Waals surface area contributed by atoms with E-state index >= 15 is 0 Å². The molecule has 0 saturated carbocycles. The number of nitrogens with zero attached hydrogens (tertiary/aromatic N) is 1. The van der Waals surface area contributed by atoms with Crippen molar-refractivity contribution in [2.24, 2.45) is 0 Å². The van der Waals surface area contributed by atoms with Gasteiger partial charge in [-0.05, 0) is 6.42 Å². The third kappa shape index (κ3) is 3.82. The van der Waals surface area contributed by atoms with E-state index in [9.17, 15) is 14.4 Å². The van der Waals surface area contributed by atoms with Crippen LogP contribution in [-0.2, 0) is 14.3 Å². The number of carbonyl (C=O) groups is 3. The zero-order chi connectivity index (χ0) is 14.4. The van der Waals surface area contributed by atoms with E-state index in [2.05, 4.69) is 10.6 Å². The Morgan fingerprint density at radius 1 is 1.63 bits per heavy atom. The molecule has 8 nitrogen and oxygen atoms in total. The van der Waals surface area contributed by atoms with Gasteiger partial charge < -0.3 is 25.4 Å². The molecule has 1 heterocycles. The van der Waals surface area contributed by atoms with Crippen molar-refractivity contribution < 1.29 is 24.2 Å². The molecule has 1 saturated heterocycles. The Bertz CT molecular complexity index is 360. The summed E-state index contributed by atoms with van der Waals surface area (Å²) in [5.74, 6) is -1.34. The van der Waals surface area contributed by atoms with E-state index in [1.54, 1.807) is 0 Å². The summed E-state index contributed by atoms with van der Waals surface area (Å²) < 4.78 is 4.71. The van der Waals surface area contributed by atoms with Gasteiger partial charge in [-0.3, -0.25) is 4.79 Å². The highest BCUT2D eigenvalue weighted by Crippen LogP contribution is 2.08. The molecule has 3 amide bonds. The average Bonchev–Trinajstić information content (AvgIpc) is 2.38. The Balaban J connectivity index is 2.56. The number of methoxy groups -OCH3 is 1. The Labute approximate surface area is 111 Å². The first-order valence-electron chi connectivity index (χ1n) is 6.09. The van der Waals surface area contributed by atoms with Crippen molar-refractivity contribution in [3.63, 3.8) is 0 Å². The molecule has 0 aromatic carbocycles. The molecule has 0 spiro atoms. The number of carboxylic acids is 1. The molecule has 0 radical (unpaired) electrons. The molecule has 2 atom stereocenters. The molecule has 2 unspecified atom stereocenters. The lowest BCUT2D eigenvalue weighted by Crippen LogP contribution is -2.59. The summed E-state index contributed by atoms with van der Waals surface area (Å²) in [6.45, 7) is 2.47. The second-order valence-electron chi connectivity index (χ2n) is 4.16. The van der Waals surface area contributed by atoms with Gasteiger partial charge in [0.15, 0.2) is 6.10 Å². The minimum absolute atomic E-state index is 0.140. The van der Waals surface area contributed by atoms with Gasteiger partial charge in [0.2, 0.25) is 5.91 Å². The molecule has 0 bridgehead atoms. The monoisotopic (exact) mass is 273 g/mol. The van der Waals surface area contributed by atoms with Gasteiger partial charge in [-0.1, -0.05) is 6.92 Å². The van der Waals surface area contributed by atoms with Gasteiger partial charge in [-0.15, -0.1) is 0 Å². The van der Waals surface area contributed by atoms with Gasteiger partial charge in [-0.25, -0.2) is 9.59 Å². The summed E-state index contributed by atoms with van der Waals surface area (Å²) >= 11 is 0. The third-order valence-corrected chi connectivity index (χ3v) is 2.98. The van der Waals surface area contributed by atoms with Crippen LogP contribution in [0.3, 0.4) is 0 Å². The number of ether oxygens (including phenoxy) is 1. The minimum Gasteiger partial charge on any atom is -0.479 e. The summed E-state index contributed by atoms with van der Waals surface area (Å²) in [6.07, 6.45) is -0.589. The predicted octanol–water partition coefficient (Wildman–Crippen LogP) is -0.994. The van der Waals surface area contributed by atoms with E-state index in [1.165, 1.54) is 12.0 Å². The molecule has 0 aromatic rings. The summed E-state index contributed by atoms with van der Waals surface area (Å²) in [6, 6.07) is -0.968. The van der Waals surface area contributed by atoms with Crippen molar-refractivity contribution in [2.75, 3.05) is 26.7 Å². The number of carboxylic acid groups (broad SMARTS) is 1. The van der Waals surface area contributed by atoms with Crippen LogP contribution >= 0.6 is 0 Å². The van der Waals surface area contributed by atoms with Gasteiger partial charge in [0.05, 0.1) is 6.54 Å². The zero-order valence-electron chi connectivity index (χ0n) is 11.0. The topological polar surface area (TPSA) is 108 Å². The minimum atomic E-state index is -1.15. The van der Waals surface area contributed by atoms with Gasteiger partial charge in [0.1, 0.15) is 6.04 Å². The number of piperazine rings is 1. The van der Waals surface area contributed by atoms with Crippen LogP contribution in [0, 0.1) is 0 Å². The number of urea groups is 1. The largest absolute Gasteiger partial charge is 0.479 e. The summed E-state index contributed by atoms with van der Waals surface area (Å²) in [5.41, 5.74) is 0. The highest BCUT2D eigenvalue weighted by molar-refractivity contribution is 5.88. The molecule has 0 aliphatic carbocycles. The maximum atomic E-state index is 11.9. The van der Waals surface area contributed by atoms with Crippen LogP contribution < -0.4 is 10.6 Å². The Kier molecular flexibility index (Phi) is 5.56. The zero-order valence-corrected chi connectivity index (χ0v) is 11.0. The lowest BCUT2D eigenvalue weighted by atomic mass is 10.1. The quantitative estimate of drug-likeness (QED) is 0.596. The van der Waals surface area contributed by atoms with Crippen molar-refractivity contribution in [2.45, 2.75) is 25.5 Å². The molecule has 1 aliphatic rings. The number of carbonyl (C=O) groups excluding carboxylic acids is 2. The van der Waals surface area contributed by atoms with E-state index < -0.39 is 24.1 Å². The molecule has 1 aliphatic heterocycles. The van der Waals surface area contributed by atoms with E-state index in [0.29, 0.717) is 19.5 Å².